The van der Waals surface area contributed by atoms with Crippen LogP contribution in [0.5, 0.6) is 0 Å². The van der Waals surface area contributed by atoms with Crippen LogP contribution in [0.15, 0.2) is 30.3 Å². The highest BCUT2D eigenvalue weighted by Crippen LogP contribution is 2.07. The number of nitrogens with zero attached hydrogens (tertiary/aromatic N) is 1. The first-order chi connectivity index (χ1) is 9.56. The highest BCUT2D eigenvalue weighted by Gasteiger charge is 2.31. The summed E-state index contributed by atoms with van der Waals surface area (Å²) in [6.07, 6.45) is 1.17. The normalized spacial score (nSPS) is 11.9. The Hall–Kier alpha value is -2.25. The maximum Gasteiger partial charge on any atom is 0.333 e. The van der Waals surface area contributed by atoms with Crippen LogP contribution in [0.25, 0.3) is 0 Å². The fourth-order valence-electron chi connectivity index (χ4n) is 1.76. The lowest BCUT2D eigenvalue weighted by atomic mass is 10.0. The number of benzene rings is 1. The Morgan fingerprint density at radius 3 is 2.50 bits per heavy atom. The molecule has 1 amide bonds. The van der Waals surface area contributed by atoms with Gasteiger partial charge in [-0.2, -0.15) is 0 Å². The van der Waals surface area contributed by atoms with E-state index < -0.39 is 17.8 Å². The van der Waals surface area contributed by atoms with Crippen LogP contribution in [-0.4, -0.2) is 39.7 Å². The molecule has 0 spiro atoms. The number of Topliss-reactive ketones (excluding diaryl/α,β-unsaturated/α-hetero) is 1. The number of aryl methyl sites for hydroxylation is 1. The Labute approximate surface area is 115 Å². The van der Waals surface area contributed by atoms with E-state index in [4.69, 9.17) is 5.11 Å². The van der Waals surface area contributed by atoms with E-state index in [0.717, 1.165) is 5.56 Å². The second-order valence-corrected chi connectivity index (χ2v) is 4.14. The maximum atomic E-state index is 11.8. The minimum Gasteiger partial charge on any atom is -0.480 e. The summed E-state index contributed by atoms with van der Waals surface area (Å²) in [6.45, 7) is 0. The van der Waals surface area contributed by atoms with Crippen molar-refractivity contribution in [2.24, 2.45) is 0 Å². The van der Waals surface area contributed by atoms with E-state index in [0.29, 0.717) is 12.8 Å². The van der Waals surface area contributed by atoms with Crippen LogP contribution in [-0.2, 0) is 20.8 Å². The van der Waals surface area contributed by atoms with Crippen LogP contribution >= 0.6 is 0 Å². The molecule has 0 saturated heterocycles. The Kier molecular flexibility index (Phi) is 6.34. The number of carbonyl (C=O) groups excluding carboxylic acids is 2. The second kappa shape index (κ2) is 8.03. The molecule has 0 aliphatic carbocycles. The topological polar surface area (TPSA) is 107 Å². The first-order valence-corrected chi connectivity index (χ1v) is 6.03. The van der Waals surface area contributed by atoms with Crippen LogP contribution in [0.4, 0.5) is 0 Å². The Morgan fingerprint density at radius 2 is 1.95 bits per heavy atom. The number of hydrazine groups is 1. The van der Waals surface area contributed by atoms with Crippen molar-refractivity contribution < 1.29 is 24.7 Å². The molecule has 7 nitrogen and oxygen atoms in total. The molecule has 0 saturated carbocycles. The largest absolute Gasteiger partial charge is 0.480 e. The van der Waals surface area contributed by atoms with Gasteiger partial charge in [0.05, 0.1) is 0 Å². The fourth-order valence-corrected chi connectivity index (χ4v) is 1.76. The Balaban J connectivity index is 2.50. The van der Waals surface area contributed by atoms with Crippen molar-refractivity contribution in [3.05, 3.63) is 35.9 Å². The minimum atomic E-state index is -1.80. The van der Waals surface area contributed by atoms with Crippen molar-refractivity contribution in [2.75, 3.05) is 0 Å². The Morgan fingerprint density at radius 1 is 1.30 bits per heavy atom. The zero-order chi connectivity index (χ0) is 15.0. The first-order valence-electron chi connectivity index (χ1n) is 6.03. The van der Waals surface area contributed by atoms with Gasteiger partial charge in [-0.15, -0.1) is 0 Å². The summed E-state index contributed by atoms with van der Waals surface area (Å²) in [5.41, 5.74) is 2.76. The summed E-state index contributed by atoms with van der Waals surface area (Å²) in [6, 6.07) is 7.65. The van der Waals surface area contributed by atoms with Gasteiger partial charge in [0.15, 0.2) is 5.78 Å². The lowest BCUT2D eigenvalue weighted by molar-refractivity contribution is -0.190. The summed E-state index contributed by atoms with van der Waals surface area (Å²) < 4.78 is 0. The number of hydrogen-bond acceptors (Lipinski definition) is 5. The third-order valence-electron chi connectivity index (χ3n) is 2.70. The van der Waals surface area contributed by atoms with Gasteiger partial charge < -0.3 is 5.11 Å². The summed E-state index contributed by atoms with van der Waals surface area (Å²) in [5, 5.41) is 18.1. The molecule has 7 heteroatoms. The highest BCUT2D eigenvalue weighted by molar-refractivity contribution is 6.02. The highest BCUT2D eigenvalue weighted by atomic mass is 16.5. The molecule has 1 unspecified atom stereocenters. The van der Waals surface area contributed by atoms with E-state index in [9.17, 15) is 19.6 Å². The molecule has 0 aliphatic heterocycles. The molecule has 0 bridgehead atoms. The molecule has 1 atom stereocenters. The molecular formula is C13H16N2O5. The molecule has 1 aromatic rings. The number of aliphatic carboxylic acids is 1. The van der Waals surface area contributed by atoms with Gasteiger partial charge in [0.2, 0.25) is 12.5 Å². The predicted molar refractivity (Wildman–Crippen MR) is 68.6 cm³/mol. The van der Waals surface area contributed by atoms with Gasteiger partial charge in [-0.25, -0.2) is 4.79 Å². The van der Waals surface area contributed by atoms with Crippen LogP contribution in [0.3, 0.4) is 0 Å². The van der Waals surface area contributed by atoms with E-state index in [1.54, 1.807) is 5.43 Å². The molecule has 3 N–H and O–H groups in total. The van der Waals surface area contributed by atoms with Crippen molar-refractivity contribution in [2.45, 2.75) is 25.3 Å². The van der Waals surface area contributed by atoms with Gasteiger partial charge >= 0.3 is 5.97 Å². The van der Waals surface area contributed by atoms with Gasteiger partial charge in [0.1, 0.15) is 0 Å². The van der Waals surface area contributed by atoms with Crippen LogP contribution < -0.4 is 5.43 Å². The van der Waals surface area contributed by atoms with E-state index in [1.165, 1.54) is 0 Å². The number of carboxylic acids is 1. The summed E-state index contributed by atoms with van der Waals surface area (Å²) in [5.74, 6) is -2.20. The molecule has 20 heavy (non-hydrogen) atoms. The average molecular weight is 280 g/mol. The smallest absolute Gasteiger partial charge is 0.333 e. The number of carbonyl (C=O) groups is 3. The van der Waals surface area contributed by atoms with Gasteiger partial charge in [0, 0.05) is 6.42 Å². The van der Waals surface area contributed by atoms with Gasteiger partial charge in [0.25, 0.3) is 0 Å². The summed E-state index contributed by atoms with van der Waals surface area (Å²) in [4.78, 5) is 32.8. The number of hydrogen-bond donors (Lipinski definition) is 3. The molecule has 1 aromatic carbocycles. The summed E-state index contributed by atoms with van der Waals surface area (Å²) in [7, 11) is 0. The zero-order valence-corrected chi connectivity index (χ0v) is 10.7. The molecule has 0 fully saturated rings. The SMILES string of the molecule is O=CNN(O)C(C(=O)O)C(=O)CCCc1ccccc1. The second-order valence-electron chi connectivity index (χ2n) is 4.14. The standard InChI is InChI=1S/C13H16N2O5/c16-9-14-15(20)12(13(18)19)11(17)8-4-7-10-5-2-1-3-6-10/h1-3,5-6,9,12,20H,4,7-8H2,(H,14,16)(H,18,19). The Bertz CT molecular complexity index is 463. The zero-order valence-electron chi connectivity index (χ0n) is 10.7. The van der Waals surface area contributed by atoms with Crippen molar-refractivity contribution in [3.8, 4) is 0 Å². The van der Waals surface area contributed by atoms with Gasteiger partial charge in [-0.1, -0.05) is 35.5 Å². The predicted octanol–water partition coefficient (Wildman–Crippen LogP) is 0.384. The maximum absolute atomic E-state index is 11.8. The van der Waals surface area contributed by atoms with Gasteiger partial charge in [-0.3, -0.25) is 20.2 Å². The van der Waals surface area contributed by atoms with Crippen LogP contribution in [0.2, 0.25) is 0 Å². The molecule has 108 valence electrons. The lowest BCUT2D eigenvalue weighted by Crippen LogP contribution is -2.51. The van der Waals surface area contributed by atoms with E-state index in [1.807, 2.05) is 30.3 Å². The molecule has 0 radical (unpaired) electrons. The lowest BCUT2D eigenvalue weighted by Gasteiger charge is -2.19. The van der Waals surface area contributed by atoms with Crippen molar-refractivity contribution in [1.82, 2.24) is 10.6 Å². The van der Waals surface area contributed by atoms with E-state index in [2.05, 4.69) is 0 Å². The average Bonchev–Trinajstić information content (AvgIpc) is 2.40. The molecular weight excluding hydrogens is 264 g/mol. The van der Waals surface area contributed by atoms with Gasteiger partial charge in [-0.05, 0) is 18.4 Å². The van der Waals surface area contributed by atoms with Crippen molar-refractivity contribution in [3.63, 3.8) is 0 Å². The van der Waals surface area contributed by atoms with E-state index in [-0.39, 0.29) is 18.0 Å². The molecule has 0 heterocycles. The number of hydroxylamine groups is 1. The monoisotopic (exact) mass is 280 g/mol. The third-order valence-corrected chi connectivity index (χ3v) is 2.70. The minimum absolute atomic E-state index is 0.000182. The van der Waals surface area contributed by atoms with Crippen LogP contribution in [0.1, 0.15) is 18.4 Å². The fraction of sp³-hybridized carbons (Fsp3) is 0.308. The van der Waals surface area contributed by atoms with Crippen LogP contribution in [0, 0.1) is 0 Å². The number of nitrogens with one attached hydrogen (secondary N) is 1. The van der Waals surface area contributed by atoms with Crippen molar-refractivity contribution >= 4 is 18.2 Å². The quantitative estimate of drug-likeness (QED) is 0.343. The van der Waals surface area contributed by atoms with Crippen molar-refractivity contribution in [1.29, 1.82) is 0 Å². The first kappa shape index (κ1) is 15.8. The molecule has 0 aliphatic rings. The number of rotatable bonds is 9. The number of amides is 1. The van der Waals surface area contributed by atoms with E-state index >= 15 is 0 Å². The molecule has 0 aromatic heterocycles. The molecule has 1 rings (SSSR count). The number of carboxylic acid groups (broad SMARTS) is 1. The summed E-state index contributed by atoms with van der Waals surface area (Å²) >= 11 is 0. The number of ketones is 1. The third kappa shape index (κ3) is 4.79.